The van der Waals surface area contributed by atoms with Crippen LogP contribution in [0.5, 0.6) is 0 Å². The van der Waals surface area contributed by atoms with Crippen LogP contribution >= 0.6 is 0 Å². The predicted molar refractivity (Wildman–Crippen MR) is 92.1 cm³/mol. The molecule has 0 aromatic carbocycles. The molecule has 0 spiro atoms. The SMILES string of the molecule is C/C(=C\C(=O)O)CCC1(C)C(C)CCC2(C)C(C=O)=CCCC21. The first-order chi connectivity index (χ1) is 10.7. The summed E-state index contributed by atoms with van der Waals surface area (Å²) in [4.78, 5) is 22.4. The van der Waals surface area contributed by atoms with E-state index in [1.807, 2.05) is 6.92 Å². The molecule has 3 nitrogen and oxygen atoms in total. The van der Waals surface area contributed by atoms with Gasteiger partial charge in [-0.15, -0.1) is 0 Å². The lowest BCUT2D eigenvalue weighted by atomic mass is 9.47. The molecular formula is C20H30O3. The molecule has 2 aliphatic rings. The molecule has 3 heteroatoms. The van der Waals surface area contributed by atoms with Crippen molar-refractivity contribution in [3.8, 4) is 0 Å². The number of hydrogen-bond donors (Lipinski definition) is 1. The van der Waals surface area contributed by atoms with E-state index in [-0.39, 0.29) is 10.8 Å². The molecule has 0 aromatic heterocycles. The second-order valence-electron chi connectivity index (χ2n) is 8.10. The zero-order valence-electron chi connectivity index (χ0n) is 14.9. The largest absolute Gasteiger partial charge is 0.478 e. The standard InChI is InChI=1S/C20H30O3/c1-14(12-18(22)23)8-10-19(3)15(2)9-11-20(4)16(13-21)6-5-7-17(19)20/h6,12-13,15,17H,5,7-11H2,1-4H3,(H,22,23)/b14-12+. The third-order valence-electron chi connectivity index (χ3n) is 6.82. The van der Waals surface area contributed by atoms with Crippen molar-refractivity contribution in [2.75, 3.05) is 0 Å². The van der Waals surface area contributed by atoms with Crippen molar-refractivity contribution in [2.45, 2.75) is 66.2 Å². The fraction of sp³-hybridized carbons (Fsp3) is 0.700. The predicted octanol–water partition coefficient (Wildman–Crippen LogP) is 4.78. The summed E-state index contributed by atoms with van der Waals surface area (Å²) in [5.41, 5.74) is 2.07. The summed E-state index contributed by atoms with van der Waals surface area (Å²) in [6.45, 7) is 8.86. The van der Waals surface area contributed by atoms with Gasteiger partial charge < -0.3 is 5.11 Å². The van der Waals surface area contributed by atoms with Gasteiger partial charge in [-0.3, -0.25) is 4.79 Å². The molecule has 1 saturated carbocycles. The Morgan fingerprint density at radius 3 is 2.70 bits per heavy atom. The summed E-state index contributed by atoms with van der Waals surface area (Å²) in [5.74, 6) is 0.240. The quantitative estimate of drug-likeness (QED) is 0.586. The molecule has 0 saturated heterocycles. The van der Waals surface area contributed by atoms with E-state index in [0.29, 0.717) is 11.8 Å². The van der Waals surface area contributed by atoms with Crippen LogP contribution in [0.3, 0.4) is 0 Å². The monoisotopic (exact) mass is 318 g/mol. The minimum atomic E-state index is -0.863. The highest BCUT2D eigenvalue weighted by atomic mass is 16.4. The van der Waals surface area contributed by atoms with Gasteiger partial charge in [-0.05, 0) is 73.7 Å². The summed E-state index contributed by atoms with van der Waals surface area (Å²) in [7, 11) is 0. The summed E-state index contributed by atoms with van der Waals surface area (Å²) in [6, 6.07) is 0. The van der Waals surface area contributed by atoms with Crippen LogP contribution in [0.15, 0.2) is 23.3 Å². The van der Waals surface area contributed by atoms with Gasteiger partial charge in [0.2, 0.25) is 0 Å². The molecule has 0 radical (unpaired) electrons. The van der Waals surface area contributed by atoms with Crippen molar-refractivity contribution in [2.24, 2.45) is 22.7 Å². The smallest absolute Gasteiger partial charge is 0.328 e. The van der Waals surface area contributed by atoms with Gasteiger partial charge in [0.1, 0.15) is 6.29 Å². The highest BCUT2D eigenvalue weighted by Gasteiger charge is 2.53. The average molecular weight is 318 g/mol. The van der Waals surface area contributed by atoms with Crippen molar-refractivity contribution in [3.63, 3.8) is 0 Å². The van der Waals surface area contributed by atoms with Crippen LogP contribution in [0.1, 0.15) is 66.2 Å². The van der Waals surface area contributed by atoms with Crippen LogP contribution < -0.4 is 0 Å². The van der Waals surface area contributed by atoms with Gasteiger partial charge in [-0.2, -0.15) is 0 Å². The van der Waals surface area contributed by atoms with E-state index in [0.717, 1.165) is 56.0 Å². The van der Waals surface area contributed by atoms with E-state index in [1.165, 1.54) is 6.08 Å². The number of carboxylic acids is 1. The maximum Gasteiger partial charge on any atom is 0.328 e. The van der Waals surface area contributed by atoms with E-state index >= 15 is 0 Å². The zero-order valence-corrected chi connectivity index (χ0v) is 14.9. The molecule has 1 N–H and O–H groups in total. The highest BCUT2D eigenvalue weighted by Crippen LogP contribution is 2.61. The lowest BCUT2D eigenvalue weighted by molar-refractivity contribution is -0.131. The second-order valence-corrected chi connectivity index (χ2v) is 8.10. The molecule has 1 fully saturated rings. The van der Waals surface area contributed by atoms with Crippen molar-refractivity contribution >= 4 is 12.3 Å². The molecule has 23 heavy (non-hydrogen) atoms. The summed E-state index contributed by atoms with van der Waals surface area (Å²) < 4.78 is 0. The van der Waals surface area contributed by atoms with Gasteiger partial charge in [0, 0.05) is 6.08 Å². The number of carboxylic acid groups (broad SMARTS) is 1. The first kappa shape index (κ1) is 18.0. The topological polar surface area (TPSA) is 54.4 Å². The number of carbonyl (C=O) groups is 2. The number of fused-ring (bicyclic) bond motifs is 1. The van der Waals surface area contributed by atoms with Crippen molar-refractivity contribution < 1.29 is 14.7 Å². The molecule has 0 bridgehead atoms. The minimum Gasteiger partial charge on any atom is -0.478 e. The van der Waals surface area contributed by atoms with Gasteiger partial charge in [0.15, 0.2) is 0 Å². The maximum atomic E-state index is 11.6. The number of allylic oxidation sites excluding steroid dienone is 3. The average Bonchev–Trinajstić information content (AvgIpc) is 2.48. The molecule has 128 valence electrons. The Balaban J connectivity index is 2.26. The van der Waals surface area contributed by atoms with E-state index in [9.17, 15) is 9.59 Å². The van der Waals surface area contributed by atoms with Gasteiger partial charge in [-0.25, -0.2) is 4.79 Å². The molecule has 0 amide bonds. The van der Waals surface area contributed by atoms with Gasteiger partial charge in [-0.1, -0.05) is 32.4 Å². The minimum absolute atomic E-state index is 0.00826. The Morgan fingerprint density at radius 1 is 1.39 bits per heavy atom. The van der Waals surface area contributed by atoms with Crippen LogP contribution in [0.2, 0.25) is 0 Å². The Hall–Kier alpha value is -1.38. The molecule has 0 heterocycles. The third-order valence-corrected chi connectivity index (χ3v) is 6.82. The first-order valence-electron chi connectivity index (χ1n) is 8.80. The fourth-order valence-electron chi connectivity index (χ4n) is 5.08. The zero-order chi connectivity index (χ0) is 17.3. The molecule has 2 aliphatic carbocycles. The van der Waals surface area contributed by atoms with Gasteiger partial charge >= 0.3 is 5.97 Å². The highest BCUT2D eigenvalue weighted by molar-refractivity contribution is 5.80. The molecule has 2 rings (SSSR count). The van der Waals surface area contributed by atoms with Crippen molar-refractivity contribution in [1.29, 1.82) is 0 Å². The second kappa shape index (κ2) is 6.62. The number of hydrogen-bond acceptors (Lipinski definition) is 2. The Morgan fingerprint density at radius 2 is 2.09 bits per heavy atom. The van der Waals surface area contributed by atoms with Crippen LogP contribution in [0.25, 0.3) is 0 Å². The molecule has 4 atom stereocenters. The number of aliphatic carboxylic acids is 1. The number of rotatable bonds is 5. The molecule has 0 aromatic rings. The van der Waals surface area contributed by atoms with Crippen LogP contribution in [0, 0.1) is 22.7 Å². The number of carbonyl (C=O) groups excluding carboxylic acids is 1. The number of aldehydes is 1. The molecular weight excluding hydrogens is 288 g/mol. The normalized spacial score (nSPS) is 37.7. The van der Waals surface area contributed by atoms with Crippen LogP contribution in [-0.4, -0.2) is 17.4 Å². The van der Waals surface area contributed by atoms with E-state index in [4.69, 9.17) is 5.11 Å². The van der Waals surface area contributed by atoms with Crippen LogP contribution in [-0.2, 0) is 9.59 Å². The Bertz CT molecular complexity index is 545. The van der Waals surface area contributed by atoms with Crippen molar-refractivity contribution in [1.82, 2.24) is 0 Å². The van der Waals surface area contributed by atoms with E-state index < -0.39 is 5.97 Å². The van der Waals surface area contributed by atoms with Gasteiger partial charge in [0.25, 0.3) is 0 Å². The maximum absolute atomic E-state index is 11.6. The van der Waals surface area contributed by atoms with E-state index in [2.05, 4.69) is 26.8 Å². The molecule has 4 unspecified atom stereocenters. The lowest BCUT2D eigenvalue weighted by Crippen LogP contribution is -2.50. The summed E-state index contributed by atoms with van der Waals surface area (Å²) in [6.07, 6.45) is 10.7. The Labute approximate surface area is 139 Å². The first-order valence-corrected chi connectivity index (χ1v) is 8.80. The van der Waals surface area contributed by atoms with E-state index in [1.54, 1.807) is 0 Å². The summed E-state index contributed by atoms with van der Waals surface area (Å²) >= 11 is 0. The molecule has 0 aliphatic heterocycles. The van der Waals surface area contributed by atoms with Crippen molar-refractivity contribution in [3.05, 3.63) is 23.3 Å². The summed E-state index contributed by atoms with van der Waals surface area (Å²) in [5, 5.41) is 8.91. The third kappa shape index (κ3) is 3.29. The van der Waals surface area contributed by atoms with Gasteiger partial charge in [0.05, 0.1) is 0 Å². The Kier molecular flexibility index (Phi) is 5.17. The lowest BCUT2D eigenvalue weighted by Gasteiger charge is -2.57. The fourth-order valence-corrected chi connectivity index (χ4v) is 5.08. The van der Waals surface area contributed by atoms with Crippen LogP contribution in [0.4, 0.5) is 0 Å².